The molecule has 1 amide bonds. The van der Waals surface area contributed by atoms with Gasteiger partial charge < -0.3 is 34.5 Å². The van der Waals surface area contributed by atoms with Crippen LogP contribution in [0.15, 0.2) is 54.6 Å². The molecule has 4 aromatic carbocycles. The number of nitriles is 1. The van der Waals surface area contributed by atoms with Gasteiger partial charge in [0.1, 0.15) is 17.5 Å². The van der Waals surface area contributed by atoms with E-state index in [1.807, 2.05) is 69.4 Å². The zero-order valence-electron chi connectivity index (χ0n) is 30.5. The highest BCUT2D eigenvalue weighted by Gasteiger charge is 2.57. The summed E-state index contributed by atoms with van der Waals surface area (Å²) in [4.78, 5) is 18.4. The van der Waals surface area contributed by atoms with E-state index in [2.05, 4.69) is 21.2 Å². The van der Waals surface area contributed by atoms with Crippen molar-refractivity contribution in [3.8, 4) is 51.7 Å². The Labute approximate surface area is 303 Å². The number of piperazine rings is 1. The van der Waals surface area contributed by atoms with Crippen LogP contribution in [0.2, 0.25) is 0 Å². The lowest BCUT2D eigenvalue weighted by Crippen LogP contribution is -2.68. The number of ether oxygens (including phenoxy) is 4. The van der Waals surface area contributed by atoms with Gasteiger partial charge in [0.25, 0.3) is 5.91 Å². The van der Waals surface area contributed by atoms with E-state index in [0.29, 0.717) is 57.9 Å². The number of benzene rings is 4. The summed E-state index contributed by atoms with van der Waals surface area (Å²) < 4.78 is 23.4. The molecule has 0 aliphatic carbocycles. The van der Waals surface area contributed by atoms with E-state index in [9.17, 15) is 20.3 Å². The summed E-state index contributed by atoms with van der Waals surface area (Å²) in [7, 11) is 8.20. The number of carbonyl (C=O) groups is 1. The Hall–Kier alpha value is -5.44. The molecule has 11 nitrogen and oxygen atoms in total. The number of phenolic OH excluding ortho intramolecular Hbond substituents is 2. The minimum atomic E-state index is -0.675. The van der Waals surface area contributed by atoms with Gasteiger partial charge in [0.2, 0.25) is 0 Å². The highest BCUT2D eigenvalue weighted by molar-refractivity contribution is 6.00. The van der Waals surface area contributed by atoms with Crippen molar-refractivity contribution < 1.29 is 34.0 Å². The lowest BCUT2D eigenvalue weighted by Gasteiger charge is -2.60. The third kappa shape index (κ3) is 5.12. The lowest BCUT2D eigenvalue weighted by atomic mass is 9.71. The number of carbonyl (C=O) groups excluding carboxylic acids is 1. The maximum absolute atomic E-state index is 14.1. The van der Waals surface area contributed by atoms with Crippen molar-refractivity contribution in [2.24, 2.45) is 0 Å². The number of amides is 1. The van der Waals surface area contributed by atoms with E-state index >= 15 is 0 Å². The molecule has 3 aliphatic rings. The second-order valence-corrected chi connectivity index (χ2v) is 13.7. The number of likely N-dealkylation sites (N-methyl/N-ethyl adjacent to an activating group) is 1. The predicted octanol–water partition coefficient (Wildman–Crippen LogP) is 5.62. The number of aromatic hydroxyl groups is 2. The minimum Gasteiger partial charge on any atom is -0.504 e. The molecule has 2 bridgehead atoms. The number of nitrogens with one attached hydrogen (secondary N) is 1. The van der Waals surface area contributed by atoms with Gasteiger partial charge in [0.15, 0.2) is 23.0 Å². The first-order chi connectivity index (χ1) is 25.1. The van der Waals surface area contributed by atoms with E-state index in [1.165, 1.54) is 14.2 Å². The van der Waals surface area contributed by atoms with Crippen LogP contribution >= 0.6 is 0 Å². The fourth-order valence-corrected chi connectivity index (χ4v) is 9.25. The molecular weight excluding hydrogens is 660 g/mol. The number of phenols is 2. The lowest BCUT2D eigenvalue weighted by molar-refractivity contribution is -0.0724. The van der Waals surface area contributed by atoms with Crippen LogP contribution in [0.4, 0.5) is 0 Å². The first-order valence-electron chi connectivity index (χ1n) is 17.4. The number of fused-ring (bicyclic) bond motifs is 7. The SMILES string of the molecule is COc1c(C)c(OC)c2c(c1O)[C@H]1[C@@H]3Cc4c(OC)c(C)c(OC)c(O)c4[C@H](CNC(=O)c4ccccc4-c4ccccc4)N3[C@@H](C#N)[C@@H](C2)N1C. The molecule has 3 N–H and O–H groups in total. The van der Waals surface area contributed by atoms with Gasteiger partial charge in [0.05, 0.1) is 46.6 Å². The van der Waals surface area contributed by atoms with Crippen molar-refractivity contribution in [2.45, 2.75) is 56.9 Å². The summed E-state index contributed by atoms with van der Waals surface area (Å²) in [5.74, 6) is 1.50. The minimum absolute atomic E-state index is 0.0374. The van der Waals surface area contributed by atoms with Crippen molar-refractivity contribution in [3.05, 3.63) is 93.5 Å². The molecular formula is C41H44N4O7. The van der Waals surface area contributed by atoms with Crippen molar-refractivity contribution in [1.29, 1.82) is 5.26 Å². The first-order valence-corrected chi connectivity index (χ1v) is 17.4. The first kappa shape index (κ1) is 35.0. The normalized spacial score (nSPS) is 21.9. The van der Waals surface area contributed by atoms with E-state index in [4.69, 9.17) is 18.9 Å². The summed E-state index contributed by atoms with van der Waals surface area (Å²) in [5, 5.41) is 38.0. The molecule has 1 fully saturated rings. The monoisotopic (exact) mass is 704 g/mol. The average Bonchev–Trinajstić information content (AvgIpc) is 3.15. The zero-order chi connectivity index (χ0) is 37.0. The zero-order valence-corrected chi connectivity index (χ0v) is 30.5. The van der Waals surface area contributed by atoms with Gasteiger partial charge in [-0.3, -0.25) is 14.6 Å². The number of methoxy groups -OCH3 is 4. The highest BCUT2D eigenvalue weighted by Crippen LogP contribution is 2.58. The molecule has 0 spiro atoms. The van der Waals surface area contributed by atoms with E-state index < -0.39 is 24.2 Å². The van der Waals surface area contributed by atoms with E-state index in [1.54, 1.807) is 20.3 Å². The molecule has 0 aromatic heterocycles. The third-order valence-electron chi connectivity index (χ3n) is 11.4. The molecule has 7 rings (SSSR count). The number of nitrogens with zero attached hydrogens (tertiary/aromatic N) is 3. The quantitative estimate of drug-likeness (QED) is 0.212. The summed E-state index contributed by atoms with van der Waals surface area (Å²) >= 11 is 0. The molecule has 3 aliphatic heterocycles. The molecule has 1 saturated heterocycles. The molecule has 0 radical (unpaired) electrons. The number of rotatable bonds is 8. The Balaban J connectivity index is 1.41. The van der Waals surface area contributed by atoms with Crippen molar-refractivity contribution in [1.82, 2.24) is 15.1 Å². The Morgan fingerprint density at radius 2 is 1.35 bits per heavy atom. The molecule has 3 heterocycles. The van der Waals surface area contributed by atoms with Gasteiger partial charge in [-0.25, -0.2) is 0 Å². The van der Waals surface area contributed by atoms with Gasteiger partial charge in [-0.15, -0.1) is 0 Å². The summed E-state index contributed by atoms with van der Waals surface area (Å²) in [6.07, 6.45) is 0.795. The maximum Gasteiger partial charge on any atom is 0.251 e. The van der Waals surface area contributed by atoms with Crippen LogP contribution in [-0.4, -0.2) is 86.1 Å². The topological polar surface area (TPSA) is 137 Å². The number of hydrogen-bond acceptors (Lipinski definition) is 10. The summed E-state index contributed by atoms with van der Waals surface area (Å²) in [5.41, 5.74) is 6.36. The van der Waals surface area contributed by atoms with Gasteiger partial charge in [-0.2, -0.15) is 5.26 Å². The Morgan fingerprint density at radius 1 is 0.808 bits per heavy atom. The molecule has 52 heavy (non-hydrogen) atoms. The van der Waals surface area contributed by atoms with Crippen LogP contribution in [0.1, 0.15) is 55.8 Å². The standard InChI is InChI=1S/C41H44N4O7/c1-21-37(49-4)26-18-29-34-33-27(38(50-5)22(2)40(52-7)36(33)47)17-28(44(34)3)30(19-42)45(29)31(32(26)35(46)39(21)51-6)20-43-41(48)25-16-12-11-15-24(25)23-13-9-8-10-14-23/h8-16,28-31,34,46-47H,17-18,20H2,1-7H3,(H,43,48)/t28-,29+,30+,31+,34-/m1/s1. The van der Waals surface area contributed by atoms with Crippen LogP contribution in [0.3, 0.4) is 0 Å². The van der Waals surface area contributed by atoms with Crippen LogP contribution in [0.25, 0.3) is 11.1 Å². The number of hydrogen-bond donors (Lipinski definition) is 3. The van der Waals surface area contributed by atoms with Gasteiger partial charge in [-0.05, 0) is 50.9 Å². The van der Waals surface area contributed by atoms with E-state index in [-0.39, 0.29) is 35.7 Å². The molecule has 0 saturated carbocycles. The van der Waals surface area contributed by atoms with Crippen LogP contribution in [0, 0.1) is 25.2 Å². The van der Waals surface area contributed by atoms with Gasteiger partial charge in [0, 0.05) is 57.6 Å². The molecule has 11 heteroatoms. The van der Waals surface area contributed by atoms with Crippen molar-refractivity contribution in [2.75, 3.05) is 42.0 Å². The Bertz CT molecular complexity index is 2100. The third-order valence-corrected chi connectivity index (χ3v) is 11.4. The van der Waals surface area contributed by atoms with Crippen LogP contribution in [-0.2, 0) is 12.8 Å². The van der Waals surface area contributed by atoms with Gasteiger partial charge >= 0.3 is 0 Å². The fraction of sp³-hybridized carbons (Fsp3) is 0.366. The predicted molar refractivity (Wildman–Crippen MR) is 196 cm³/mol. The Kier molecular flexibility index (Phi) is 9.15. The summed E-state index contributed by atoms with van der Waals surface area (Å²) in [6.45, 7) is 3.76. The smallest absolute Gasteiger partial charge is 0.251 e. The fourth-order valence-electron chi connectivity index (χ4n) is 9.25. The molecule has 270 valence electrons. The maximum atomic E-state index is 14.1. The van der Waals surface area contributed by atoms with Crippen molar-refractivity contribution in [3.63, 3.8) is 0 Å². The summed E-state index contributed by atoms with van der Waals surface area (Å²) in [6, 6.07) is 17.3. The molecule has 5 atom stereocenters. The average molecular weight is 705 g/mol. The Morgan fingerprint density at radius 3 is 1.94 bits per heavy atom. The molecule has 0 unspecified atom stereocenters. The van der Waals surface area contributed by atoms with Crippen LogP contribution < -0.4 is 24.3 Å². The highest BCUT2D eigenvalue weighted by atomic mass is 16.5. The van der Waals surface area contributed by atoms with Crippen molar-refractivity contribution >= 4 is 5.91 Å². The van der Waals surface area contributed by atoms with E-state index in [0.717, 1.165) is 22.3 Å². The second kappa shape index (κ2) is 13.6. The molecule has 4 aromatic rings. The second-order valence-electron chi connectivity index (χ2n) is 13.7. The van der Waals surface area contributed by atoms with Gasteiger partial charge in [-0.1, -0.05) is 48.5 Å². The largest absolute Gasteiger partial charge is 0.504 e. The van der Waals surface area contributed by atoms with Crippen LogP contribution in [0.5, 0.6) is 34.5 Å².